The summed E-state index contributed by atoms with van der Waals surface area (Å²) in [5.41, 5.74) is -0.000796. The van der Waals surface area contributed by atoms with Crippen LogP contribution in [-0.4, -0.2) is 24.1 Å². The molecular weight excluding hydrogens is 368 g/mol. The van der Waals surface area contributed by atoms with E-state index in [1.54, 1.807) is 18.2 Å². The molecule has 140 valence electrons. The molecule has 0 bridgehead atoms. The fourth-order valence-corrected chi connectivity index (χ4v) is 3.58. The molecule has 2 aromatic heterocycles. The number of anilines is 1. The van der Waals surface area contributed by atoms with Gasteiger partial charge in [0.2, 0.25) is 5.55 Å². The number of phenols is 1. The van der Waals surface area contributed by atoms with E-state index in [1.807, 2.05) is 13.8 Å². The van der Waals surface area contributed by atoms with Crippen molar-refractivity contribution in [3.05, 3.63) is 51.9 Å². The largest absolute Gasteiger partial charge is 0.504 e. The number of hydrogen-bond acceptors (Lipinski definition) is 7. The van der Waals surface area contributed by atoms with E-state index in [4.69, 9.17) is 14.6 Å². The summed E-state index contributed by atoms with van der Waals surface area (Å²) in [5, 5.41) is 21.3. The highest BCUT2D eigenvalue weighted by Crippen LogP contribution is 2.33. The van der Waals surface area contributed by atoms with Crippen molar-refractivity contribution in [2.75, 3.05) is 12.4 Å². The predicted octanol–water partition coefficient (Wildman–Crippen LogP) is 3.84. The maximum Gasteiger partial charge on any atom is 0.340 e. The molecule has 3 N–H and O–H groups in total. The molecule has 0 unspecified atom stereocenters. The Labute approximate surface area is 158 Å². The molecule has 0 saturated carbocycles. The highest BCUT2D eigenvalue weighted by molar-refractivity contribution is 7.16. The molecule has 1 aromatic carbocycles. The van der Waals surface area contributed by atoms with Crippen molar-refractivity contribution in [3.8, 4) is 5.75 Å². The molecule has 0 aliphatic rings. The minimum absolute atomic E-state index is 0.0107. The first kappa shape index (κ1) is 18.7. The van der Waals surface area contributed by atoms with Crippen LogP contribution in [0.5, 0.6) is 5.75 Å². The Morgan fingerprint density at radius 1 is 1.26 bits per heavy atom. The van der Waals surface area contributed by atoms with Crippen LogP contribution in [0.25, 0.3) is 11.0 Å². The third-order valence-corrected chi connectivity index (χ3v) is 5.32. The summed E-state index contributed by atoms with van der Waals surface area (Å²) in [6, 6.07) is 7.87. The Balaban J connectivity index is 2.01. The number of esters is 1. The molecule has 3 aromatic rings. The number of thiophene rings is 1. The molecule has 0 spiro atoms. The van der Waals surface area contributed by atoms with Crippen LogP contribution in [-0.2, 0) is 4.74 Å². The Bertz CT molecular complexity index is 1100. The van der Waals surface area contributed by atoms with Gasteiger partial charge in [-0.25, -0.2) is 4.79 Å². The molecule has 0 aliphatic carbocycles. The third kappa shape index (κ3) is 3.56. The van der Waals surface area contributed by atoms with E-state index in [0.29, 0.717) is 10.4 Å². The number of amides is 1. The number of aromatic hydroxyl groups is 1. The van der Waals surface area contributed by atoms with E-state index in [-0.39, 0.29) is 33.9 Å². The highest BCUT2D eigenvalue weighted by atomic mass is 32.1. The van der Waals surface area contributed by atoms with Gasteiger partial charge in [0.05, 0.1) is 12.7 Å². The summed E-state index contributed by atoms with van der Waals surface area (Å²) in [6.45, 7) is 3.96. The van der Waals surface area contributed by atoms with Crippen LogP contribution >= 0.6 is 11.3 Å². The molecule has 3 rings (SSSR count). The lowest BCUT2D eigenvalue weighted by molar-refractivity contribution is 0.0602. The molecule has 7 nitrogen and oxygen atoms in total. The van der Waals surface area contributed by atoms with E-state index < -0.39 is 11.9 Å². The maximum absolute atomic E-state index is 12.7. The van der Waals surface area contributed by atoms with Crippen molar-refractivity contribution in [2.24, 2.45) is 0 Å². The van der Waals surface area contributed by atoms with Crippen LogP contribution in [0.3, 0.4) is 0 Å². The van der Waals surface area contributed by atoms with E-state index in [0.717, 1.165) is 4.88 Å². The van der Waals surface area contributed by atoms with Crippen molar-refractivity contribution in [1.82, 2.24) is 0 Å². The molecule has 8 heteroatoms. The number of fused-ring (bicyclic) bond motifs is 1. The monoisotopic (exact) mass is 386 g/mol. The van der Waals surface area contributed by atoms with Gasteiger partial charge in [0, 0.05) is 10.3 Å². The van der Waals surface area contributed by atoms with Crippen molar-refractivity contribution >= 4 is 39.2 Å². The fraction of sp³-hybridized carbons (Fsp3) is 0.211. The topological polar surface area (TPSA) is 113 Å². The Morgan fingerprint density at radius 2 is 2.00 bits per heavy atom. The van der Waals surface area contributed by atoms with Gasteiger partial charge in [0.15, 0.2) is 11.3 Å². The summed E-state index contributed by atoms with van der Waals surface area (Å²) >= 11 is 1.28. The van der Waals surface area contributed by atoms with Gasteiger partial charge in [-0.05, 0) is 24.1 Å². The number of carbonyl (C=O) groups excluding carboxylic acids is 2. The van der Waals surface area contributed by atoms with Gasteiger partial charge in [-0.2, -0.15) is 0 Å². The normalized spacial score (nSPS) is 11.0. The molecule has 0 fully saturated rings. The summed E-state index contributed by atoms with van der Waals surface area (Å²) in [5.74, 6) is -1.07. The van der Waals surface area contributed by atoms with E-state index in [9.17, 15) is 14.7 Å². The predicted molar refractivity (Wildman–Crippen MR) is 101 cm³/mol. The van der Waals surface area contributed by atoms with Crippen LogP contribution < -0.4 is 10.9 Å². The third-order valence-electron chi connectivity index (χ3n) is 3.97. The number of benzene rings is 1. The molecule has 0 saturated heterocycles. The number of rotatable bonds is 4. The maximum atomic E-state index is 12.7. The zero-order chi connectivity index (χ0) is 19.7. The number of carbonyl (C=O) groups is 2. The van der Waals surface area contributed by atoms with Crippen molar-refractivity contribution in [3.63, 3.8) is 0 Å². The smallest absolute Gasteiger partial charge is 0.340 e. The first-order valence-corrected chi connectivity index (χ1v) is 8.97. The Morgan fingerprint density at radius 3 is 2.67 bits per heavy atom. The molecule has 0 atom stereocenters. The van der Waals surface area contributed by atoms with Crippen molar-refractivity contribution < 1.29 is 23.8 Å². The van der Waals surface area contributed by atoms with Gasteiger partial charge in [-0.1, -0.05) is 26.0 Å². The second-order valence-corrected chi connectivity index (χ2v) is 7.26. The van der Waals surface area contributed by atoms with Crippen LogP contribution in [0, 0.1) is 5.41 Å². The molecule has 27 heavy (non-hydrogen) atoms. The van der Waals surface area contributed by atoms with Crippen molar-refractivity contribution in [2.45, 2.75) is 19.8 Å². The first-order chi connectivity index (χ1) is 12.8. The highest BCUT2D eigenvalue weighted by Gasteiger charge is 2.21. The van der Waals surface area contributed by atoms with Gasteiger partial charge in [0.1, 0.15) is 10.6 Å². The van der Waals surface area contributed by atoms with Gasteiger partial charge < -0.3 is 19.6 Å². The number of ether oxygens (including phenoxy) is 1. The average molecular weight is 386 g/mol. The van der Waals surface area contributed by atoms with Crippen LogP contribution in [0.4, 0.5) is 5.00 Å². The lowest BCUT2D eigenvalue weighted by Gasteiger charge is -2.07. The average Bonchev–Trinajstić information content (AvgIpc) is 3.05. The first-order valence-electron chi connectivity index (χ1n) is 8.15. The second kappa shape index (κ2) is 7.24. The summed E-state index contributed by atoms with van der Waals surface area (Å²) in [4.78, 5) is 25.6. The number of phenolic OH excluding ortho intramolecular Hbond substituents is 1. The number of nitrogens with one attached hydrogen (secondary N) is 2. The molecular formula is C19H18N2O5S. The molecule has 2 heterocycles. The van der Waals surface area contributed by atoms with Gasteiger partial charge >= 0.3 is 5.97 Å². The van der Waals surface area contributed by atoms with E-state index in [2.05, 4.69) is 5.32 Å². The fourth-order valence-electron chi connectivity index (χ4n) is 2.53. The van der Waals surface area contributed by atoms with Crippen LogP contribution in [0.1, 0.15) is 45.4 Å². The second-order valence-electron chi connectivity index (χ2n) is 6.18. The molecule has 1 amide bonds. The summed E-state index contributed by atoms with van der Waals surface area (Å²) in [7, 11) is 1.28. The standard InChI is InChI=1S/C19H18N2O5S/c1-9(2)14-8-12(19(24)25-3)18(27-14)21-17(23)11-7-10-5-4-6-13(22)15(10)26-16(11)20/h4-9,20,22H,1-3H3,(H,21,23). The number of para-hydroxylation sites is 1. The lowest BCUT2D eigenvalue weighted by Crippen LogP contribution is -2.21. The van der Waals surface area contributed by atoms with E-state index >= 15 is 0 Å². The lowest BCUT2D eigenvalue weighted by atomic mass is 10.1. The molecule has 0 aliphatic heterocycles. The zero-order valence-electron chi connectivity index (χ0n) is 15.0. The van der Waals surface area contributed by atoms with Gasteiger partial charge in [-0.3, -0.25) is 10.2 Å². The Kier molecular flexibility index (Phi) is 5.00. The van der Waals surface area contributed by atoms with Crippen LogP contribution in [0.15, 0.2) is 34.7 Å². The van der Waals surface area contributed by atoms with Crippen molar-refractivity contribution in [1.29, 1.82) is 5.41 Å². The Hall–Kier alpha value is -3.13. The number of hydrogen-bond donors (Lipinski definition) is 3. The quantitative estimate of drug-likeness (QED) is 0.590. The molecule has 0 radical (unpaired) electrons. The number of methoxy groups -OCH3 is 1. The SMILES string of the molecule is COC(=O)c1cc(C(C)C)sc1NC(=O)c1cc2cccc(O)c2oc1=N. The van der Waals surface area contributed by atoms with Crippen LogP contribution in [0.2, 0.25) is 0 Å². The summed E-state index contributed by atoms with van der Waals surface area (Å²) < 4.78 is 10.1. The van der Waals surface area contributed by atoms with Gasteiger partial charge in [-0.15, -0.1) is 11.3 Å². The minimum Gasteiger partial charge on any atom is -0.504 e. The minimum atomic E-state index is -0.587. The zero-order valence-corrected chi connectivity index (χ0v) is 15.8. The van der Waals surface area contributed by atoms with E-state index in [1.165, 1.54) is 30.6 Å². The summed E-state index contributed by atoms with van der Waals surface area (Å²) in [6.07, 6.45) is 0. The van der Waals surface area contributed by atoms with Gasteiger partial charge in [0.25, 0.3) is 5.91 Å².